The van der Waals surface area contributed by atoms with Crippen molar-refractivity contribution in [3.8, 4) is 0 Å². The number of amides is 1. The van der Waals surface area contributed by atoms with Crippen LogP contribution in [-0.4, -0.2) is 35.1 Å². The summed E-state index contributed by atoms with van der Waals surface area (Å²) in [4.78, 5) is 48.1. The van der Waals surface area contributed by atoms with Gasteiger partial charge in [0.05, 0.1) is 0 Å². The van der Waals surface area contributed by atoms with Crippen molar-refractivity contribution >= 4 is 23.4 Å². The Morgan fingerprint density at radius 3 is 1.58 bits per heavy atom. The first-order chi connectivity index (χ1) is 11.5. The summed E-state index contributed by atoms with van der Waals surface area (Å²) < 4.78 is 0. The molecule has 2 aromatic carbocycles. The number of ketones is 2. The molecule has 2 aromatic rings. The maximum absolute atomic E-state index is 12.6. The third-order valence-electron chi connectivity index (χ3n) is 3.32. The van der Waals surface area contributed by atoms with Crippen LogP contribution in [0, 0.1) is 5.92 Å². The molecule has 0 unspecified atom stereocenters. The Bertz CT molecular complexity index is 704. The lowest BCUT2D eigenvalue weighted by Gasteiger charge is -2.14. The molecule has 0 aliphatic rings. The van der Waals surface area contributed by atoms with Gasteiger partial charge in [-0.2, -0.15) is 0 Å². The van der Waals surface area contributed by atoms with Gasteiger partial charge >= 0.3 is 5.97 Å². The molecule has 24 heavy (non-hydrogen) atoms. The van der Waals surface area contributed by atoms with E-state index in [2.05, 4.69) is 5.32 Å². The fourth-order valence-electron chi connectivity index (χ4n) is 2.16. The van der Waals surface area contributed by atoms with Crippen molar-refractivity contribution in [2.45, 2.75) is 0 Å². The van der Waals surface area contributed by atoms with Gasteiger partial charge in [0.1, 0.15) is 6.54 Å². The fourth-order valence-corrected chi connectivity index (χ4v) is 2.16. The molecule has 6 nitrogen and oxygen atoms in total. The largest absolute Gasteiger partial charge is 0.480 e. The van der Waals surface area contributed by atoms with E-state index in [1.807, 2.05) is 0 Å². The fraction of sp³-hybridized carbons (Fsp3) is 0.111. The summed E-state index contributed by atoms with van der Waals surface area (Å²) in [6.45, 7) is -0.667. The quantitative estimate of drug-likeness (QED) is 0.594. The first-order valence-electron chi connectivity index (χ1n) is 7.18. The van der Waals surface area contributed by atoms with Crippen LogP contribution in [0.25, 0.3) is 0 Å². The molecular weight excluding hydrogens is 310 g/mol. The van der Waals surface area contributed by atoms with Crippen LogP contribution in [0.2, 0.25) is 0 Å². The van der Waals surface area contributed by atoms with Gasteiger partial charge in [-0.05, 0) is 0 Å². The van der Waals surface area contributed by atoms with Crippen LogP contribution >= 0.6 is 0 Å². The van der Waals surface area contributed by atoms with E-state index in [1.54, 1.807) is 36.4 Å². The molecule has 0 aliphatic heterocycles. The Kier molecular flexibility index (Phi) is 5.57. The first kappa shape index (κ1) is 17.1. The average molecular weight is 325 g/mol. The van der Waals surface area contributed by atoms with Crippen molar-refractivity contribution < 1.29 is 24.3 Å². The van der Waals surface area contributed by atoms with E-state index in [-0.39, 0.29) is 11.1 Å². The molecule has 1 amide bonds. The maximum Gasteiger partial charge on any atom is 0.322 e. The van der Waals surface area contributed by atoms with Crippen LogP contribution in [0.5, 0.6) is 0 Å². The van der Waals surface area contributed by atoms with Gasteiger partial charge in [-0.15, -0.1) is 0 Å². The van der Waals surface area contributed by atoms with Gasteiger partial charge in [-0.25, -0.2) is 0 Å². The minimum absolute atomic E-state index is 0.206. The molecule has 0 aromatic heterocycles. The predicted molar refractivity (Wildman–Crippen MR) is 85.7 cm³/mol. The highest BCUT2D eigenvalue weighted by Gasteiger charge is 2.35. The summed E-state index contributed by atoms with van der Waals surface area (Å²) in [5.41, 5.74) is 0.412. The van der Waals surface area contributed by atoms with Gasteiger partial charge in [0, 0.05) is 11.1 Å². The molecule has 0 aliphatic carbocycles. The van der Waals surface area contributed by atoms with Gasteiger partial charge < -0.3 is 10.4 Å². The smallest absolute Gasteiger partial charge is 0.322 e. The highest BCUT2D eigenvalue weighted by atomic mass is 16.4. The van der Waals surface area contributed by atoms with Crippen LogP contribution in [-0.2, 0) is 9.59 Å². The summed E-state index contributed by atoms with van der Waals surface area (Å²) >= 11 is 0. The number of rotatable bonds is 7. The summed E-state index contributed by atoms with van der Waals surface area (Å²) in [7, 11) is 0. The number of carbonyl (C=O) groups excluding carboxylic acids is 3. The second-order valence-electron chi connectivity index (χ2n) is 5.01. The molecule has 122 valence electrons. The number of carbonyl (C=O) groups is 4. The third-order valence-corrected chi connectivity index (χ3v) is 3.32. The summed E-state index contributed by atoms with van der Waals surface area (Å²) in [6, 6.07) is 15.9. The number of aliphatic carboxylic acids is 1. The van der Waals surface area contributed by atoms with Crippen molar-refractivity contribution in [1.29, 1.82) is 0 Å². The van der Waals surface area contributed by atoms with Gasteiger partial charge in [0.15, 0.2) is 17.5 Å². The molecule has 0 heterocycles. The molecule has 0 atom stereocenters. The van der Waals surface area contributed by atoms with E-state index >= 15 is 0 Å². The minimum Gasteiger partial charge on any atom is -0.480 e. The number of benzene rings is 2. The molecule has 6 heteroatoms. The zero-order valence-electron chi connectivity index (χ0n) is 12.6. The summed E-state index contributed by atoms with van der Waals surface area (Å²) in [5, 5.41) is 10.8. The number of carboxylic acids is 1. The lowest BCUT2D eigenvalue weighted by atomic mass is 9.89. The lowest BCUT2D eigenvalue weighted by molar-refractivity contribution is -0.138. The Morgan fingerprint density at radius 2 is 1.21 bits per heavy atom. The van der Waals surface area contributed by atoms with Crippen molar-refractivity contribution in [3.05, 3.63) is 71.8 Å². The van der Waals surface area contributed by atoms with Crippen molar-refractivity contribution in [2.75, 3.05) is 6.54 Å². The molecule has 2 rings (SSSR count). The van der Waals surface area contributed by atoms with E-state index in [9.17, 15) is 19.2 Å². The molecule has 0 fully saturated rings. The number of hydrogen-bond acceptors (Lipinski definition) is 4. The zero-order valence-corrected chi connectivity index (χ0v) is 12.6. The lowest BCUT2D eigenvalue weighted by Crippen LogP contribution is -2.42. The number of nitrogens with one attached hydrogen (secondary N) is 1. The van der Waals surface area contributed by atoms with Gasteiger partial charge in [0.2, 0.25) is 5.91 Å². The van der Waals surface area contributed by atoms with Gasteiger partial charge in [-0.3, -0.25) is 19.2 Å². The zero-order chi connectivity index (χ0) is 17.5. The SMILES string of the molecule is O=C(O)CNC(=O)C(C(=O)c1ccccc1)C(=O)c1ccccc1. The van der Waals surface area contributed by atoms with E-state index in [0.717, 1.165) is 0 Å². The first-order valence-corrected chi connectivity index (χ1v) is 7.18. The van der Waals surface area contributed by atoms with Crippen molar-refractivity contribution in [1.82, 2.24) is 5.32 Å². The number of hydrogen-bond donors (Lipinski definition) is 2. The maximum atomic E-state index is 12.6. The summed E-state index contributed by atoms with van der Waals surface area (Å²) in [5.74, 6) is -5.17. The Balaban J connectivity index is 2.34. The molecular formula is C18H15NO5. The molecule has 0 spiro atoms. The van der Waals surface area contributed by atoms with E-state index < -0.39 is 35.9 Å². The Hall–Kier alpha value is -3.28. The van der Waals surface area contributed by atoms with Crippen molar-refractivity contribution in [2.24, 2.45) is 5.92 Å². The second kappa shape index (κ2) is 7.82. The Morgan fingerprint density at radius 1 is 0.792 bits per heavy atom. The molecule has 0 radical (unpaired) electrons. The van der Waals surface area contributed by atoms with Crippen LogP contribution in [0.1, 0.15) is 20.7 Å². The molecule has 0 bridgehead atoms. The molecule has 0 saturated carbocycles. The number of carboxylic acid groups (broad SMARTS) is 1. The molecule has 0 saturated heterocycles. The highest BCUT2D eigenvalue weighted by molar-refractivity contribution is 6.27. The van der Waals surface area contributed by atoms with Crippen LogP contribution in [0.4, 0.5) is 0 Å². The van der Waals surface area contributed by atoms with E-state index in [4.69, 9.17) is 5.11 Å². The second-order valence-corrected chi connectivity index (χ2v) is 5.01. The van der Waals surface area contributed by atoms with Crippen LogP contribution in [0.3, 0.4) is 0 Å². The van der Waals surface area contributed by atoms with E-state index in [1.165, 1.54) is 24.3 Å². The normalized spacial score (nSPS) is 10.2. The van der Waals surface area contributed by atoms with Crippen molar-refractivity contribution in [3.63, 3.8) is 0 Å². The van der Waals surface area contributed by atoms with Crippen LogP contribution in [0.15, 0.2) is 60.7 Å². The predicted octanol–water partition coefficient (Wildman–Crippen LogP) is 1.57. The Labute approximate surface area is 138 Å². The van der Waals surface area contributed by atoms with Gasteiger partial charge in [0.25, 0.3) is 0 Å². The van der Waals surface area contributed by atoms with Gasteiger partial charge in [-0.1, -0.05) is 60.7 Å². The summed E-state index contributed by atoms with van der Waals surface area (Å²) in [6.07, 6.45) is 0. The standard InChI is InChI=1S/C18H15NO5/c20-14(21)11-19-18(24)15(16(22)12-7-3-1-4-8-12)17(23)13-9-5-2-6-10-13/h1-10,15H,11H2,(H,19,24)(H,20,21). The van der Waals surface area contributed by atoms with E-state index in [0.29, 0.717) is 0 Å². The topological polar surface area (TPSA) is 101 Å². The number of Topliss-reactive ketones (excluding diaryl/α,β-unsaturated/α-hetero) is 2. The monoisotopic (exact) mass is 325 g/mol. The minimum atomic E-state index is -1.63. The molecule has 2 N–H and O–H groups in total. The average Bonchev–Trinajstić information content (AvgIpc) is 2.61. The highest BCUT2D eigenvalue weighted by Crippen LogP contribution is 2.16. The van der Waals surface area contributed by atoms with Crippen LogP contribution < -0.4 is 5.32 Å². The third kappa shape index (κ3) is 4.13.